The molecule has 0 aliphatic carbocycles. The molecule has 0 spiro atoms. The predicted molar refractivity (Wildman–Crippen MR) is 72.6 cm³/mol. The molecule has 0 amide bonds. The van der Waals surface area contributed by atoms with Gasteiger partial charge in [-0.15, -0.1) is 0 Å². The van der Waals surface area contributed by atoms with E-state index in [1.807, 2.05) is 0 Å². The van der Waals surface area contributed by atoms with Crippen molar-refractivity contribution >= 4 is 5.97 Å². The lowest BCUT2D eigenvalue weighted by Gasteiger charge is -2.11. The summed E-state index contributed by atoms with van der Waals surface area (Å²) in [5, 5.41) is 0. The molecule has 0 atom stereocenters. The normalized spacial score (nSPS) is 11.1. The number of rotatable bonds is 3. The molecule has 0 saturated heterocycles. The van der Waals surface area contributed by atoms with Gasteiger partial charge in [0.25, 0.3) is 0 Å². The number of benzene rings is 1. The second-order valence-corrected chi connectivity index (χ2v) is 4.32. The average Bonchev–Trinajstić information content (AvgIpc) is 2.52. The number of nitrogens with zero attached hydrogens (tertiary/aromatic N) is 1. The van der Waals surface area contributed by atoms with Crippen LogP contribution in [0.15, 0.2) is 36.4 Å². The van der Waals surface area contributed by atoms with Crippen LogP contribution in [0.2, 0.25) is 0 Å². The summed E-state index contributed by atoms with van der Waals surface area (Å²) in [4.78, 5) is 15.7. The number of pyridine rings is 1. The number of alkyl halides is 3. The first-order valence-electron chi connectivity index (χ1n) is 6.18. The highest BCUT2D eigenvalue weighted by atomic mass is 19.4. The van der Waals surface area contributed by atoms with Crippen molar-refractivity contribution in [1.82, 2.24) is 4.98 Å². The topological polar surface area (TPSA) is 48.4 Å². The van der Waals surface area contributed by atoms with Crippen molar-refractivity contribution < 1.29 is 27.4 Å². The minimum atomic E-state index is -4.47. The van der Waals surface area contributed by atoms with Gasteiger partial charge in [-0.1, -0.05) is 12.1 Å². The van der Waals surface area contributed by atoms with Crippen LogP contribution in [0.25, 0.3) is 11.1 Å². The smallest absolute Gasteiger partial charge is 0.416 e. The van der Waals surface area contributed by atoms with Gasteiger partial charge in [0.05, 0.1) is 19.8 Å². The van der Waals surface area contributed by atoms with Gasteiger partial charge in [-0.3, -0.25) is 0 Å². The highest BCUT2D eigenvalue weighted by molar-refractivity contribution is 5.95. The maximum atomic E-state index is 12.8. The number of aromatic nitrogens is 1. The van der Waals surface area contributed by atoms with E-state index >= 15 is 0 Å². The Balaban J connectivity index is 2.59. The molecule has 1 aromatic heterocycles. The lowest BCUT2D eigenvalue weighted by molar-refractivity contribution is -0.137. The quantitative estimate of drug-likeness (QED) is 0.813. The van der Waals surface area contributed by atoms with Gasteiger partial charge in [0, 0.05) is 11.6 Å². The van der Waals surface area contributed by atoms with Crippen molar-refractivity contribution in [2.45, 2.75) is 6.18 Å². The molecule has 0 saturated carbocycles. The third-order valence-corrected chi connectivity index (χ3v) is 2.96. The van der Waals surface area contributed by atoms with Crippen LogP contribution in [0.4, 0.5) is 13.2 Å². The van der Waals surface area contributed by atoms with Gasteiger partial charge in [-0.2, -0.15) is 13.2 Å². The van der Waals surface area contributed by atoms with Crippen LogP contribution in [-0.4, -0.2) is 25.2 Å². The molecule has 0 aliphatic heterocycles. The molecule has 116 valence electrons. The molecule has 0 bridgehead atoms. The van der Waals surface area contributed by atoms with E-state index in [1.54, 1.807) is 0 Å². The zero-order valence-electron chi connectivity index (χ0n) is 11.8. The Labute approximate surface area is 124 Å². The second-order valence-electron chi connectivity index (χ2n) is 4.32. The molecule has 1 aromatic carbocycles. The van der Waals surface area contributed by atoms with E-state index in [9.17, 15) is 18.0 Å². The molecule has 2 rings (SSSR count). The highest BCUT2D eigenvalue weighted by Crippen LogP contribution is 2.33. The Morgan fingerprint density at radius 1 is 1.14 bits per heavy atom. The van der Waals surface area contributed by atoms with Crippen molar-refractivity contribution in [3.8, 4) is 17.0 Å². The third kappa shape index (κ3) is 3.19. The molecular weight excluding hydrogens is 299 g/mol. The highest BCUT2D eigenvalue weighted by Gasteiger charge is 2.30. The van der Waals surface area contributed by atoms with Gasteiger partial charge >= 0.3 is 12.1 Å². The standard InChI is InChI=1S/C15H12F3NO3/c1-21-12-7-6-11(13(19-12)14(20)22-2)9-4-3-5-10(8-9)15(16,17)18/h3-8H,1-2H3. The molecular formula is C15H12F3NO3. The average molecular weight is 311 g/mol. The van der Waals surface area contributed by atoms with Gasteiger partial charge in [-0.05, 0) is 23.8 Å². The van der Waals surface area contributed by atoms with Crippen LogP contribution >= 0.6 is 0 Å². The lowest BCUT2D eigenvalue weighted by atomic mass is 10.0. The zero-order valence-corrected chi connectivity index (χ0v) is 11.8. The summed E-state index contributed by atoms with van der Waals surface area (Å²) in [7, 11) is 2.53. The van der Waals surface area contributed by atoms with E-state index in [0.717, 1.165) is 12.1 Å². The summed E-state index contributed by atoms with van der Waals surface area (Å²) < 4.78 is 47.9. The Bertz CT molecular complexity index is 699. The molecule has 7 heteroatoms. The summed E-state index contributed by atoms with van der Waals surface area (Å²) in [6.07, 6.45) is -4.47. The molecule has 1 heterocycles. The molecule has 4 nitrogen and oxygen atoms in total. The van der Waals surface area contributed by atoms with Crippen LogP contribution in [0, 0.1) is 0 Å². The largest absolute Gasteiger partial charge is 0.481 e. The molecule has 0 N–H and O–H groups in total. The fourth-order valence-corrected chi connectivity index (χ4v) is 1.90. The van der Waals surface area contributed by atoms with Crippen LogP contribution in [-0.2, 0) is 10.9 Å². The first-order valence-corrected chi connectivity index (χ1v) is 6.18. The van der Waals surface area contributed by atoms with Gasteiger partial charge in [-0.25, -0.2) is 9.78 Å². The Morgan fingerprint density at radius 3 is 2.45 bits per heavy atom. The number of hydrogen-bond donors (Lipinski definition) is 0. The van der Waals surface area contributed by atoms with Crippen molar-refractivity contribution in [3.05, 3.63) is 47.7 Å². The number of carbonyl (C=O) groups excluding carboxylic acids is 1. The molecule has 0 fully saturated rings. The summed E-state index contributed by atoms with van der Waals surface area (Å²) in [6, 6.07) is 7.57. The monoisotopic (exact) mass is 311 g/mol. The minimum absolute atomic E-state index is 0.110. The summed E-state index contributed by atoms with van der Waals surface area (Å²) in [5.41, 5.74) is -0.470. The van der Waals surface area contributed by atoms with E-state index < -0.39 is 17.7 Å². The van der Waals surface area contributed by atoms with Crippen LogP contribution in [0.5, 0.6) is 5.88 Å². The van der Waals surface area contributed by atoms with Gasteiger partial charge in [0.1, 0.15) is 0 Å². The fraction of sp³-hybridized carbons (Fsp3) is 0.200. The van der Waals surface area contributed by atoms with Crippen molar-refractivity contribution in [3.63, 3.8) is 0 Å². The second kappa shape index (κ2) is 6.05. The van der Waals surface area contributed by atoms with E-state index in [-0.39, 0.29) is 22.7 Å². The minimum Gasteiger partial charge on any atom is -0.481 e. The predicted octanol–water partition coefficient (Wildman–Crippen LogP) is 3.56. The van der Waals surface area contributed by atoms with Crippen LogP contribution < -0.4 is 4.74 Å². The molecule has 0 aliphatic rings. The van der Waals surface area contributed by atoms with E-state index in [4.69, 9.17) is 4.74 Å². The maximum Gasteiger partial charge on any atom is 0.416 e. The van der Waals surface area contributed by atoms with Gasteiger partial charge < -0.3 is 9.47 Å². The third-order valence-electron chi connectivity index (χ3n) is 2.96. The molecule has 2 aromatic rings. The van der Waals surface area contributed by atoms with Crippen molar-refractivity contribution in [1.29, 1.82) is 0 Å². The Morgan fingerprint density at radius 2 is 1.86 bits per heavy atom. The summed E-state index contributed by atoms with van der Waals surface area (Å²) >= 11 is 0. The number of carbonyl (C=O) groups is 1. The zero-order chi connectivity index (χ0) is 16.3. The summed E-state index contributed by atoms with van der Waals surface area (Å²) in [5.74, 6) is -0.595. The number of halogens is 3. The number of methoxy groups -OCH3 is 2. The number of ether oxygens (including phenoxy) is 2. The number of hydrogen-bond acceptors (Lipinski definition) is 4. The number of esters is 1. The molecule has 22 heavy (non-hydrogen) atoms. The van der Waals surface area contributed by atoms with Gasteiger partial charge in [0.15, 0.2) is 5.69 Å². The summed E-state index contributed by atoms with van der Waals surface area (Å²) in [6.45, 7) is 0. The van der Waals surface area contributed by atoms with Crippen LogP contribution in [0.1, 0.15) is 16.1 Å². The molecule has 0 radical (unpaired) electrons. The SMILES string of the molecule is COC(=O)c1nc(OC)ccc1-c1cccc(C(F)(F)F)c1. The maximum absolute atomic E-state index is 12.8. The van der Waals surface area contributed by atoms with E-state index in [1.165, 1.54) is 38.5 Å². The first kappa shape index (κ1) is 15.8. The van der Waals surface area contributed by atoms with Crippen molar-refractivity contribution in [2.75, 3.05) is 14.2 Å². The molecule has 0 unspecified atom stereocenters. The fourth-order valence-electron chi connectivity index (χ4n) is 1.90. The van der Waals surface area contributed by atoms with Crippen LogP contribution in [0.3, 0.4) is 0 Å². The lowest BCUT2D eigenvalue weighted by Crippen LogP contribution is -2.08. The van der Waals surface area contributed by atoms with E-state index in [0.29, 0.717) is 0 Å². The van der Waals surface area contributed by atoms with Gasteiger partial charge in [0.2, 0.25) is 5.88 Å². The Kier molecular flexibility index (Phi) is 4.35. The van der Waals surface area contributed by atoms with Crippen molar-refractivity contribution in [2.24, 2.45) is 0 Å². The first-order chi connectivity index (χ1) is 10.4. The van der Waals surface area contributed by atoms with E-state index in [2.05, 4.69) is 9.72 Å². The Hall–Kier alpha value is -2.57.